The summed E-state index contributed by atoms with van der Waals surface area (Å²) >= 11 is 0. The quantitative estimate of drug-likeness (QED) is 0.656. The van der Waals surface area contributed by atoms with Gasteiger partial charge in [-0.1, -0.05) is 60.7 Å². The van der Waals surface area contributed by atoms with Crippen molar-refractivity contribution in [1.29, 1.82) is 0 Å². The maximum Gasteiger partial charge on any atom is 0.315 e. The molecular formula is C19H24N2O2. The molecule has 122 valence electrons. The normalized spacial score (nSPS) is 11.7. The van der Waals surface area contributed by atoms with Crippen LogP contribution in [-0.2, 0) is 6.42 Å². The first-order chi connectivity index (χ1) is 11.3. The van der Waals surface area contributed by atoms with Crippen LogP contribution in [0.4, 0.5) is 4.79 Å². The standard InChI is InChI=1S/C19H24N2O2/c22-15-7-14-20-19(23)21-18(17-10-5-2-6-11-17)13-12-16-8-3-1-4-9-16/h1-6,8-11,18,22H,7,12-15H2,(H2,20,21,23). The number of carbonyl (C=O) groups is 1. The number of amides is 2. The molecule has 2 aromatic carbocycles. The molecule has 3 N–H and O–H groups in total. The second-order valence-electron chi connectivity index (χ2n) is 5.46. The summed E-state index contributed by atoms with van der Waals surface area (Å²) in [6.07, 6.45) is 2.30. The van der Waals surface area contributed by atoms with E-state index in [4.69, 9.17) is 5.11 Å². The first kappa shape index (κ1) is 17.0. The Morgan fingerprint density at radius 2 is 1.65 bits per heavy atom. The average molecular weight is 312 g/mol. The van der Waals surface area contributed by atoms with Gasteiger partial charge >= 0.3 is 6.03 Å². The summed E-state index contributed by atoms with van der Waals surface area (Å²) in [4.78, 5) is 12.0. The molecule has 0 aromatic heterocycles. The lowest BCUT2D eigenvalue weighted by Gasteiger charge is -2.20. The minimum Gasteiger partial charge on any atom is -0.396 e. The van der Waals surface area contributed by atoms with Gasteiger partial charge in [-0.15, -0.1) is 0 Å². The van der Waals surface area contributed by atoms with Crippen LogP contribution in [0, 0.1) is 0 Å². The lowest BCUT2D eigenvalue weighted by molar-refractivity contribution is 0.233. The molecule has 0 saturated heterocycles. The van der Waals surface area contributed by atoms with Gasteiger partial charge in [0.05, 0.1) is 6.04 Å². The zero-order chi connectivity index (χ0) is 16.3. The van der Waals surface area contributed by atoms with Crippen molar-refractivity contribution in [2.75, 3.05) is 13.2 Å². The molecule has 0 fully saturated rings. The summed E-state index contributed by atoms with van der Waals surface area (Å²) < 4.78 is 0. The third-order valence-corrected chi connectivity index (χ3v) is 3.69. The second kappa shape index (κ2) is 9.64. The van der Waals surface area contributed by atoms with Crippen LogP contribution < -0.4 is 10.6 Å². The van der Waals surface area contributed by atoms with Gasteiger partial charge in [0.15, 0.2) is 0 Å². The van der Waals surface area contributed by atoms with Crippen LogP contribution >= 0.6 is 0 Å². The smallest absolute Gasteiger partial charge is 0.315 e. The number of aliphatic hydroxyl groups is 1. The van der Waals surface area contributed by atoms with E-state index in [1.807, 2.05) is 48.5 Å². The Bertz CT molecular complexity index is 572. The summed E-state index contributed by atoms with van der Waals surface area (Å²) in [6.45, 7) is 0.554. The van der Waals surface area contributed by atoms with E-state index in [9.17, 15) is 4.79 Å². The van der Waals surface area contributed by atoms with E-state index in [1.165, 1.54) is 5.56 Å². The molecule has 2 rings (SSSR count). The Morgan fingerprint density at radius 3 is 2.30 bits per heavy atom. The molecule has 23 heavy (non-hydrogen) atoms. The van der Waals surface area contributed by atoms with Crippen molar-refractivity contribution < 1.29 is 9.90 Å². The molecule has 0 spiro atoms. The van der Waals surface area contributed by atoms with Crippen molar-refractivity contribution in [2.24, 2.45) is 0 Å². The van der Waals surface area contributed by atoms with Crippen LogP contribution in [0.5, 0.6) is 0 Å². The van der Waals surface area contributed by atoms with Crippen LogP contribution in [0.25, 0.3) is 0 Å². The highest BCUT2D eigenvalue weighted by atomic mass is 16.3. The van der Waals surface area contributed by atoms with E-state index in [2.05, 4.69) is 22.8 Å². The van der Waals surface area contributed by atoms with Crippen molar-refractivity contribution in [3.05, 3.63) is 71.8 Å². The SMILES string of the molecule is O=C(NCCCO)NC(CCc1ccccc1)c1ccccc1. The van der Waals surface area contributed by atoms with E-state index in [-0.39, 0.29) is 18.7 Å². The number of aryl methyl sites for hydroxylation is 1. The van der Waals surface area contributed by atoms with Gasteiger partial charge in [-0.2, -0.15) is 0 Å². The van der Waals surface area contributed by atoms with Crippen LogP contribution in [0.15, 0.2) is 60.7 Å². The Kier molecular flexibility index (Phi) is 7.14. The molecule has 4 nitrogen and oxygen atoms in total. The molecule has 0 aliphatic carbocycles. The van der Waals surface area contributed by atoms with Crippen molar-refractivity contribution >= 4 is 6.03 Å². The van der Waals surface area contributed by atoms with Gasteiger partial charge in [-0.3, -0.25) is 0 Å². The summed E-state index contributed by atoms with van der Waals surface area (Å²) in [5.74, 6) is 0. The third kappa shape index (κ3) is 6.12. The van der Waals surface area contributed by atoms with E-state index in [1.54, 1.807) is 0 Å². The molecule has 0 bridgehead atoms. The number of benzene rings is 2. The summed E-state index contributed by atoms with van der Waals surface area (Å²) in [5.41, 5.74) is 2.36. The van der Waals surface area contributed by atoms with Crippen LogP contribution in [0.3, 0.4) is 0 Å². The molecule has 2 amide bonds. The summed E-state index contributed by atoms with van der Waals surface area (Å²) in [7, 11) is 0. The van der Waals surface area contributed by atoms with Crippen LogP contribution in [0.2, 0.25) is 0 Å². The number of urea groups is 1. The number of carbonyl (C=O) groups excluding carboxylic acids is 1. The average Bonchev–Trinajstić information content (AvgIpc) is 2.60. The van der Waals surface area contributed by atoms with Crippen molar-refractivity contribution in [3.8, 4) is 0 Å². The first-order valence-corrected chi connectivity index (χ1v) is 8.03. The monoisotopic (exact) mass is 312 g/mol. The number of hydrogen-bond acceptors (Lipinski definition) is 2. The van der Waals surface area contributed by atoms with Gasteiger partial charge in [-0.05, 0) is 30.4 Å². The van der Waals surface area contributed by atoms with Crippen LogP contribution in [-0.4, -0.2) is 24.3 Å². The molecule has 2 aromatic rings. The molecule has 0 heterocycles. The summed E-state index contributed by atoms with van der Waals surface area (Å²) in [5, 5.41) is 14.6. The third-order valence-electron chi connectivity index (χ3n) is 3.69. The van der Waals surface area contributed by atoms with Gasteiger partial charge < -0.3 is 15.7 Å². The minimum atomic E-state index is -0.194. The van der Waals surface area contributed by atoms with Crippen molar-refractivity contribution in [1.82, 2.24) is 10.6 Å². The number of rotatable bonds is 8. The van der Waals surface area contributed by atoms with E-state index >= 15 is 0 Å². The lowest BCUT2D eigenvalue weighted by Crippen LogP contribution is -2.38. The van der Waals surface area contributed by atoms with Gasteiger partial charge in [0, 0.05) is 13.2 Å². The van der Waals surface area contributed by atoms with Crippen LogP contribution in [0.1, 0.15) is 30.0 Å². The van der Waals surface area contributed by atoms with E-state index in [0.717, 1.165) is 18.4 Å². The maximum absolute atomic E-state index is 12.0. The van der Waals surface area contributed by atoms with Gasteiger partial charge in [-0.25, -0.2) is 4.79 Å². The van der Waals surface area contributed by atoms with Gasteiger partial charge in [0.25, 0.3) is 0 Å². The zero-order valence-corrected chi connectivity index (χ0v) is 13.2. The fourth-order valence-electron chi connectivity index (χ4n) is 2.45. The molecule has 4 heteroatoms. The fourth-order valence-corrected chi connectivity index (χ4v) is 2.45. The highest BCUT2D eigenvalue weighted by Gasteiger charge is 2.14. The molecule has 0 aliphatic heterocycles. The highest BCUT2D eigenvalue weighted by Crippen LogP contribution is 2.19. The predicted octanol–water partition coefficient (Wildman–Crippen LogP) is 3.04. The zero-order valence-electron chi connectivity index (χ0n) is 13.2. The van der Waals surface area contributed by atoms with Gasteiger partial charge in [0.1, 0.15) is 0 Å². The second-order valence-corrected chi connectivity index (χ2v) is 5.46. The van der Waals surface area contributed by atoms with E-state index < -0.39 is 0 Å². The first-order valence-electron chi connectivity index (χ1n) is 8.03. The Morgan fingerprint density at radius 1 is 1.00 bits per heavy atom. The molecule has 0 aliphatic rings. The molecule has 0 radical (unpaired) electrons. The van der Waals surface area contributed by atoms with Crippen molar-refractivity contribution in [3.63, 3.8) is 0 Å². The van der Waals surface area contributed by atoms with E-state index in [0.29, 0.717) is 13.0 Å². The van der Waals surface area contributed by atoms with Crippen molar-refractivity contribution in [2.45, 2.75) is 25.3 Å². The Labute approximate surface area is 137 Å². The van der Waals surface area contributed by atoms with Gasteiger partial charge in [0.2, 0.25) is 0 Å². The number of aliphatic hydroxyl groups excluding tert-OH is 1. The predicted molar refractivity (Wildman–Crippen MR) is 92.2 cm³/mol. The Hall–Kier alpha value is -2.33. The lowest BCUT2D eigenvalue weighted by atomic mass is 9.99. The fraction of sp³-hybridized carbons (Fsp3) is 0.316. The molecular weight excluding hydrogens is 288 g/mol. The molecule has 1 unspecified atom stereocenters. The highest BCUT2D eigenvalue weighted by molar-refractivity contribution is 5.74. The summed E-state index contributed by atoms with van der Waals surface area (Å²) in [6, 6.07) is 20.0. The number of nitrogens with one attached hydrogen (secondary N) is 2. The Balaban J connectivity index is 1.96. The largest absolute Gasteiger partial charge is 0.396 e. The maximum atomic E-state index is 12.0. The minimum absolute atomic E-state index is 0.0365. The number of hydrogen-bond donors (Lipinski definition) is 3. The topological polar surface area (TPSA) is 61.4 Å². The molecule has 0 saturated carbocycles. The molecule has 1 atom stereocenters.